The predicted molar refractivity (Wildman–Crippen MR) is 113 cm³/mol. The van der Waals surface area contributed by atoms with Crippen molar-refractivity contribution in [1.29, 1.82) is 0 Å². The smallest absolute Gasteiger partial charge is 0.227 e. The van der Waals surface area contributed by atoms with Crippen LogP contribution in [-0.2, 0) is 14.8 Å². The van der Waals surface area contributed by atoms with Gasteiger partial charge in [0.15, 0.2) is 0 Å². The topological polar surface area (TPSA) is 57.7 Å². The molecule has 0 bridgehead atoms. The molecule has 28 heavy (non-hydrogen) atoms. The Morgan fingerprint density at radius 2 is 1.82 bits per heavy atom. The molecule has 0 unspecified atom stereocenters. The molecule has 3 atom stereocenters. The van der Waals surface area contributed by atoms with Gasteiger partial charge in [0, 0.05) is 31.6 Å². The molecule has 1 aromatic carbocycles. The number of piperidine rings is 1. The number of hydrogen-bond donors (Lipinski definition) is 0. The van der Waals surface area contributed by atoms with Crippen LogP contribution >= 0.6 is 0 Å². The zero-order valence-electron chi connectivity index (χ0n) is 17.2. The molecule has 1 aromatic rings. The quantitative estimate of drug-likeness (QED) is 0.695. The van der Waals surface area contributed by atoms with E-state index in [1.54, 1.807) is 4.31 Å². The van der Waals surface area contributed by atoms with Crippen molar-refractivity contribution in [2.45, 2.75) is 64.3 Å². The third-order valence-corrected chi connectivity index (χ3v) is 8.35. The Morgan fingerprint density at radius 3 is 2.50 bits per heavy atom. The Hall–Kier alpha value is -1.40. The zero-order valence-corrected chi connectivity index (χ0v) is 18.0. The highest BCUT2D eigenvalue weighted by Gasteiger charge is 2.39. The summed E-state index contributed by atoms with van der Waals surface area (Å²) in [5.74, 6) is 0.477. The maximum Gasteiger partial charge on any atom is 0.227 e. The van der Waals surface area contributed by atoms with E-state index in [1.807, 2.05) is 13.0 Å². The predicted octanol–water partition coefficient (Wildman–Crippen LogP) is 3.62. The van der Waals surface area contributed by atoms with Crippen LogP contribution in [0.3, 0.4) is 0 Å². The van der Waals surface area contributed by atoms with Crippen molar-refractivity contribution in [2.24, 2.45) is 5.92 Å². The Bertz CT molecular complexity index is 750. The SMILES string of the molecule is CCCS(=O)(=O)N1CCC[C@H](C(=O)N2CCC[C@@H]2[C@H](CC)c2ccccc2)C1. The number of rotatable bonds is 7. The first-order valence-electron chi connectivity index (χ1n) is 10.8. The van der Waals surface area contributed by atoms with Gasteiger partial charge in [-0.15, -0.1) is 0 Å². The van der Waals surface area contributed by atoms with Gasteiger partial charge in [-0.1, -0.05) is 44.2 Å². The number of amides is 1. The first-order valence-corrected chi connectivity index (χ1v) is 12.4. The molecule has 2 saturated heterocycles. The Balaban J connectivity index is 1.73. The number of benzene rings is 1. The van der Waals surface area contributed by atoms with E-state index in [1.165, 1.54) is 5.56 Å². The lowest BCUT2D eigenvalue weighted by Crippen LogP contribution is -2.49. The van der Waals surface area contributed by atoms with Crippen LogP contribution in [0.1, 0.15) is 63.9 Å². The molecule has 0 radical (unpaired) electrons. The molecule has 0 aromatic heterocycles. The standard InChI is InChI=1S/C22H34N2O3S/c1-3-16-28(26,27)23-14-8-12-19(17-23)22(25)24-15-9-13-21(24)20(4-2)18-10-6-5-7-11-18/h5-7,10-11,19-21H,3-4,8-9,12-17H2,1-2H3/t19-,20+,21+/m0/s1. The van der Waals surface area contributed by atoms with Crippen molar-refractivity contribution >= 4 is 15.9 Å². The molecule has 0 aliphatic carbocycles. The van der Waals surface area contributed by atoms with Crippen molar-refractivity contribution in [1.82, 2.24) is 9.21 Å². The van der Waals surface area contributed by atoms with Gasteiger partial charge in [0.1, 0.15) is 0 Å². The maximum absolute atomic E-state index is 13.4. The molecule has 0 N–H and O–H groups in total. The monoisotopic (exact) mass is 406 g/mol. The third-order valence-electron chi connectivity index (χ3n) is 6.30. The summed E-state index contributed by atoms with van der Waals surface area (Å²) in [5, 5.41) is 0. The average molecular weight is 407 g/mol. The fourth-order valence-electron chi connectivity index (χ4n) is 4.93. The van der Waals surface area contributed by atoms with Crippen molar-refractivity contribution < 1.29 is 13.2 Å². The summed E-state index contributed by atoms with van der Waals surface area (Å²) in [6.07, 6.45) is 5.24. The first kappa shape index (κ1) is 21.3. The fourth-order valence-corrected chi connectivity index (χ4v) is 6.52. The lowest BCUT2D eigenvalue weighted by Gasteiger charge is -2.37. The van der Waals surface area contributed by atoms with Gasteiger partial charge in [0.2, 0.25) is 15.9 Å². The molecule has 2 aliphatic rings. The molecular formula is C22H34N2O3S. The summed E-state index contributed by atoms with van der Waals surface area (Å²) in [5.41, 5.74) is 1.30. The van der Waals surface area contributed by atoms with Crippen LogP contribution in [0.4, 0.5) is 0 Å². The molecule has 156 valence electrons. The van der Waals surface area contributed by atoms with Gasteiger partial charge in [-0.05, 0) is 44.1 Å². The number of nitrogens with zero attached hydrogens (tertiary/aromatic N) is 2. The van der Waals surface area contributed by atoms with E-state index in [4.69, 9.17) is 0 Å². The summed E-state index contributed by atoms with van der Waals surface area (Å²) in [7, 11) is -3.24. The van der Waals surface area contributed by atoms with Gasteiger partial charge < -0.3 is 4.90 Å². The van der Waals surface area contributed by atoms with Crippen LogP contribution in [0.5, 0.6) is 0 Å². The van der Waals surface area contributed by atoms with Gasteiger partial charge in [-0.25, -0.2) is 12.7 Å². The Labute approximate surface area is 170 Å². The van der Waals surface area contributed by atoms with Crippen LogP contribution in [0.25, 0.3) is 0 Å². The normalized spacial score (nSPS) is 25.0. The summed E-state index contributed by atoms with van der Waals surface area (Å²) in [6, 6.07) is 10.7. The van der Waals surface area contributed by atoms with E-state index in [0.29, 0.717) is 25.4 Å². The van der Waals surface area contributed by atoms with Crippen LogP contribution in [0.15, 0.2) is 30.3 Å². The minimum atomic E-state index is -3.24. The van der Waals surface area contributed by atoms with Crippen LogP contribution in [-0.4, -0.2) is 55.0 Å². The third kappa shape index (κ3) is 4.60. The Morgan fingerprint density at radius 1 is 1.11 bits per heavy atom. The van der Waals surface area contributed by atoms with E-state index in [0.717, 1.165) is 38.6 Å². The number of hydrogen-bond acceptors (Lipinski definition) is 3. The molecule has 0 spiro atoms. The van der Waals surface area contributed by atoms with Gasteiger partial charge in [0.05, 0.1) is 11.7 Å². The summed E-state index contributed by atoms with van der Waals surface area (Å²) in [6.45, 7) is 5.78. The minimum Gasteiger partial charge on any atom is -0.339 e. The molecule has 6 heteroatoms. The van der Waals surface area contributed by atoms with Crippen LogP contribution in [0.2, 0.25) is 0 Å². The molecule has 1 amide bonds. The Kier molecular flexibility index (Phi) is 7.15. The van der Waals surface area contributed by atoms with Crippen molar-refractivity contribution in [3.05, 3.63) is 35.9 Å². The summed E-state index contributed by atoms with van der Waals surface area (Å²) < 4.78 is 26.5. The molecule has 5 nitrogen and oxygen atoms in total. The van der Waals surface area contributed by atoms with Gasteiger partial charge in [-0.2, -0.15) is 0 Å². The maximum atomic E-state index is 13.4. The lowest BCUT2D eigenvalue weighted by atomic mass is 9.87. The number of likely N-dealkylation sites (tertiary alicyclic amines) is 1. The molecule has 0 saturated carbocycles. The van der Waals surface area contributed by atoms with E-state index in [2.05, 4.69) is 36.1 Å². The number of carbonyl (C=O) groups is 1. The number of carbonyl (C=O) groups excluding carboxylic acids is 1. The molecular weight excluding hydrogens is 372 g/mol. The van der Waals surface area contributed by atoms with Gasteiger partial charge in [-0.3, -0.25) is 4.79 Å². The van der Waals surface area contributed by atoms with E-state index < -0.39 is 10.0 Å². The van der Waals surface area contributed by atoms with Gasteiger partial charge >= 0.3 is 0 Å². The van der Waals surface area contributed by atoms with E-state index in [-0.39, 0.29) is 23.6 Å². The zero-order chi connectivity index (χ0) is 20.1. The second-order valence-electron chi connectivity index (χ2n) is 8.18. The second kappa shape index (κ2) is 9.40. The highest BCUT2D eigenvalue weighted by atomic mass is 32.2. The second-order valence-corrected chi connectivity index (χ2v) is 10.3. The van der Waals surface area contributed by atoms with Crippen molar-refractivity contribution in [3.63, 3.8) is 0 Å². The average Bonchev–Trinajstić information content (AvgIpc) is 3.18. The highest BCUT2D eigenvalue weighted by Crippen LogP contribution is 2.35. The van der Waals surface area contributed by atoms with Crippen LogP contribution < -0.4 is 0 Å². The lowest BCUT2D eigenvalue weighted by molar-refractivity contribution is -0.138. The van der Waals surface area contributed by atoms with E-state index >= 15 is 0 Å². The molecule has 2 heterocycles. The molecule has 3 rings (SSSR count). The summed E-state index contributed by atoms with van der Waals surface area (Å²) in [4.78, 5) is 15.5. The van der Waals surface area contributed by atoms with Crippen molar-refractivity contribution in [3.8, 4) is 0 Å². The van der Waals surface area contributed by atoms with Gasteiger partial charge in [0.25, 0.3) is 0 Å². The summed E-state index contributed by atoms with van der Waals surface area (Å²) >= 11 is 0. The van der Waals surface area contributed by atoms with Crippen LogP contribution in [0, 0.1) is 5.92 Å². The van der Waals surface area contributed by atoms with E-state index in [9.17, 15) is 13.2 Å². The fraction of sp³-hybridized carbons (Fsp3) is 0.682. The largest absolute Gasteiger partial charge is 0.339 e. The molecule has 2 aliphatic heterocycles. The van der Waals surface area contributed by atoms with Crippen molar-refractivity contribution in [2.75, 3.05) is 25.4 Å². The minimum absolute atomic E-state index is 0.160. The first-order chi connectivity index (χ1) is 13.5. The number of sulfonamides is 1. The molecule has 2 fully saturated rings. The highest BCUT2D eigenvalue weighted by molar-refractivity contribution is 7.89.